The van der Waals surface area contributed by atoms with Gasteiger partial charge in [0.1, 0.15) is 5.69 Å². The molecule has 0 saturated carbocycles. The third-order valence-electron chi connectivity index (χ3n) is 6.67. The van der Waals surface area contributed by atoms with Gasteiger partial charge in [0.05, 0.1) is 35.2 Å². The molecule has 0 unspecified atom stereocenters. The number of aromatic nitrogens is 6. The van der Waals surface area contributed by atoms with Crippen molar-refractivity contribution < 1.29 is 4.79 Å². The molecule has 0 aliphatic carbocycles. The van der Waals surface area contributed by atoms with E-state index in [1.54, 1.807) is 6.20 Å². The van der Waals surface area contributed by atoms with Crippen molar-refractivity contribution in [3.63, 3.8) is 0 Å². The van der Waals surface area contributed by atoms with Crippen molar-refractivity contribution in [3.05, 3.63) is 55.5 Å². The van der Waals surface area contributed by atoms with Crippen LogP contribution in [0.4, 0.5) is 5.82 Å². The van der Waals surface area contributed by atoms with Crippen LogP contribution in [-0.4, -0.2) is 66.8 Å². The molecule has 10 heteroatoms. The minimum absolute atomic E-state index is 0.186. The summed E-state index contributed by atoms with van der Waals surface area (Å²) in [4.78, 5) is 28.1. The maximum Gasteiger partial charge on any atom is 0.243 e. The monoisotopic (exact) mass is 485 g/mol. The van der Waals surface area contributed by atoms with Gasteiger partial charge in [0.2, 0.25) is 5.91 Å². The molecule has 1 aromatic carbocycles. The first-order chi connectivity index (χ1) is 17.5. The number of nitrogen functional groups attached to an aromatic ring is 1. The number of nitrogens with two attached hydrogens (primary N) is 1. The zero-order valence-corrected chi connectivity index (χ0v) is 20.5. The third kappa shape index (κ3) is 4.85. The molecular weight excluding hydrogens is 454 g/mol. The molecule has 0 atom stereocenters. The van der Waals surface area contributed by atoms with E-state index in [0.717, 1.165) is 42.5 Å². The van der Waals surface area contributed by atoms with Crippen LogP contribution in [0, 0.1) is 0 Å². The first-order valence-corrected chi connectivity index (χ1v) is 12.2. The minimum atomic E-state index is -0.186. The minimum Gasteiger partial charge on any atom is -0.382 e. The predicted molar refractivity (Wildman–Crippen MR) is 140 cm³/mol. The number of imidazole rings is 1. The number of aryl methyl sites for hydroxylation is 1. The van der Waals surface area contributed by atoms with Crippen LogP contribution in [0.1, 0.15) is 25.3 Å². The second-order valence-corrected chi connectivity index (χ2v) is 9.16. The number of anilines is 1. The van der Waals surface area contributed by atoms with Crippen LogP contribution in [0.3, 0.4) is 0 Å². The number of carbonyl (C=O) groups is 1. The second-order valence-electron chi connectivity index (χ2n) is 9.16. The van der Waals surface area contributed by atoms with Gasteiger partial charge in [0.25, 0.3) is 0 Å². The number of amides is 1. The molecule has 3 aromatic heterocycles. The number of carbonyl (C=O) groups excluding carboxylic acids is 1. The van der Waals surface area contributed by atoms with E-state index in [9.17, 15) is 4.79 Å². The van der Waals surface area contributed by atoms with Gasteiger partial charge in [-0.25, -0.2) is 15.0 Å². The maximum atomic E-state index is 11.5. The molecule has 1 aliphatic rings. The molecular formula is C26H31N9O. The Kier molecular flexibility index (Phi) is 6.77. The van der Waals surface area contributed by atoms with Crippen LogP contribution < -0.4 is 11.1 Å². The average Bonchev–Trinajstić information content (AvgIpc) is 3.53. The largest absolute Gasteiger partial charge is 0.382 e. The average molecular weight is 486 g/mol. The van der Waals surface area contributed by atoms with Gasteiger partial charge in [-0.1, -0.05) is 18.7 Å². The highest BCUT2D eigenvalue weighted by Gasteiger charge is 2.21. The van der Waals surface area contributed by atoms with E-state index in [4.69, 9.17) is 15.7 Å². The topological polar surface area (TPSA) is 120 Å². The van der Waals surface area contributed by atoms with Crippen molar-refractivity contribution in [1.82, 2.24) is 39.5 Å². The van der Waals surface area contributed by atoms with Crippen molar-refractivity contribution >= 4 is 22.8 Å². The highest BCUT2D eigenvalue weighted by molar-refractivity contribution is 5.86. The van der Waals surface area contributed by atoms with Crippen LogP contribution in [0.5, 0.6) is 0 Å². The molecule has 186 valence electrons. The highest BCUT2D eigenvalue weighted by atomic mass is 16.1. The van der Waals surface area contributed by atoms with E-state index < -0.39 is 0 Å². The van der Waals surface area contributed by atoms with Gasteiger partial charge in [-0.2, -0.15) is 5.10 Å². The lowest BCUT2D eigenvalue weighted by atomic mass is 10.1. The molecule has 10 nitrogen and oxygen atoms in total. The zero-order valence-electron chi connectivity index (χ0n) is 20.5. The molecule has 0 spiro atoms. The van der Waals surface area contributed by atoms with Gasteiger partial charge in [0, 0.05) is 24.8 Å². The van der Waals surface area contributed by atoms with Crippen LogP contribution in [0.2, 0.25) is 0 Å². The van der Waals surface area contributed by atoms with E-state index in [2.05, 4.69) is 38.5 Å². The third-order valence-corrected chi connectivity index (χ3v) is 6.67. The van der Waals surface area contributed by atoms with Gasteiger partial charge in [-0.05, 0) is 57.6 Å². The number of para-hydroxylation sites is 2. The molecule has 0 bridgehead atoms. The summed E-state index contributed by atoms with van der Waals surface area (Å²) in [6.45, 7) is 6.78. The highest BCUT2D eigenvalue weighted by Crippen LogP contribution is 2.30. The summed E-state index contributed by atoms with van der Waals surface area (Å²) in [7, 11) is 2.15. The Hall–Kier alpha value is -4.05. The molecule has 5 rings (SSSR count). The molecule has 1 saturated heterocycles. The van der Waals surface area contributed by atoms with Gasteiger partial charge in [0.15, 0.2) is 11.6 Å². The molecule has 4 aromatic rings. The van der Waals surface area contributed by atoms with E-state index in [-0.39, 0.29) is 5.91 Å². The van der Waals surface area contributed by atoms with Gasteiger partial charge in [-0.3, -0.25) is 9.48 Å². The smallest absolute Gasteiger partial charge is 0.243 e. The molecule has 1 aliphatic heterocycles. The lowest BCUT2D eigenvalue weighted by Gasteiger charge is -2.28. The summed E-state index contributed by atoms with van der Waals surface area (Å²) >= 11 is 0. The van der Waals surface area contributed by atoms with Crippen LogP contribution in [0.15, 0.2) is 55.5 Å². The lowest BCUT2D eigenvalue weighted by molar-refractivity contribution is -0.116. The van der Waals surface area contributed by atoms with Crippen molar-refractivity contribution in [2.45, 2.75) is 31.8 Å². The Bertz CT molecular complexity index is 1380. The van der Waals surface area contributed by atoms with Crippen molar-refractivity contribution in [2.24, 2.45) is 0 Å². The van der Waals surface area contributed by atoms with Gasteiger partial charge < -0.3 is 20.5 Å². The SMILES string of the molecule is C=CC(=O)NCCCn1c(-c2nc(-c3cnn(C4CCN(C)CC4)c3)cnc2N)nc2ccccc21. The van der Waals surface area contributed by atoms with Gasteiger partial charge >= 0.3 is 0 Å². The molecule has 3 N–H and O–H groups in total. The zero-order chi connectivity index (χ0) is 25.1. The first kappa shape index (κ1) is 23.7. The first-order valence-electron chi connectivity index (χ1n) is 12.2. The Labute approximate surface area is 209 Å². The Morgan fingerprint density at radius 2 is 2.03 bits per heavy atom. The standard InChI is InChI=1S/C26H31N9O/c1-3-23(36)28-11-6-12-34-22-8-5-4-7-20(22)32-26(34)24-25(27)29-16-21(31-24)18-15-30-35(17-18)19-9-13-33(2)14-10-19/h3-5,7-8,15-17,19H,1,6,9-14H2,2H3,(H2,27,29)(H,28,36). The molecule has 4 heterocycles. The number of nitrogens with one attached hydrogen (secondary N) is 1. The molecule has 0 radical (unpaired) electrons. The Balaban J connectivity index is 1.45. The van der Waals surface area contributed by atoms with Gasteiger partial charge in [-0.15, -0.1) is 0 Å². The van der Waals surface area contributed by atoms with Crippen LogP contribution in [0.25, 0.3) is 33.8 Å². The van der Waals surface area contributed by atoms with E-state index in [0.29, 0.717) is 48.6 Å². The fourth-order valence-electron chi connectivity index (χ4n) is 4.64. The van der Waals surface area contributed by atoms with Crippen LogP contribution in [-0.2, 0) is 11.3 Å². The number of piperidine rings is 1. The van der Waals surface area contributed by atoms with E-state index in [1.165, 1.54) is 6.08 Å². The summed E-state index contributed by atoms with van der Waals surface area (Å²) in [6.07, 6.45) is 9.71. The van der Waals surface area contributed by atoms with E-state index >= 15 is 0 Å². The number of hydrogen-bond acceptors (Lipinski definition) is 7. The molecule has 1 fully saturated rings. The fourth-order valence-corrected chi connectivity index (χ4v) is 4.64. The predicted octanol–water partition coefficient (Wildman–Crippen LogP) is 2.90. The number of hydrogen-bond donors (Lipinski definition) is 2. The summed E-state index contributed by atoms with van der Waals surface area (Å²) in [5.74, 6) is 0.785. The number of likely N-dealkylation sites (tertiary alicyclic amines) is 1. The second kappa shape index (κ2) is 10.3. The molecule has 1 amide bonds. The number of nitrogens with zero attached hydrogens (tertiary/aromatic N) is 7. The normalized spacial score (nSPS) is 14.8. The lowest BCUT2D eigenvalue weighted by Crippen LogP contribution is -2.31. The maximum absolute atomic E-state index is 11.5. The summed E-state index contributed by atoms with van der Waals surface area (Å²) in [5, 5.41) is 7.45. The molecule has 36 heavy (non-hydrogen) atoms. The number of rotatable bonds is 8. The fraction of sp³-hybridized carbons (Fsp3) is 0.346. The van der Waals surface area contributed by atoms with Crippen molar-refractivity contribution in [2.75, 3.05) is 32.4 Å². The van der Waals surface area contributed by atoms with Crippen molar-refractivity contribution in [1.29, 1.82) is 0 Å². The van der Waals surface area contributed by atoms with Crippen LogP contribution >= 0.6 is 0 Å². The Morgan fingerprint density at radius 1 is 1.22 bits per heavy atom. The van der Waals surface area contributed by atoms with E-state index in [1.807, 2.05) is 41.3 Å². The quantitative estimate of drug-likeness (QED) is 0.291. The summed E-state index contributed by atoms with van der Waals surface area (Å²) in [6, 6.07) is 8.31. The number of fused-ring (bicyclic) bond motifs is 1. The Morgan fingerprint density at radius 3 is 2.83 bits per heavy atom. The number of benzene rings is 1. The van der Waals surface area contributed by atoms with Crippen molar-refractivity contribution in [3.8, 4) is 22.8 Å². The summed E-state index contributed by atoms with van der Waals surface area (Å²) in [5.41, 5.74) is 10.3. The summed E-state index contributed by atoms with van der Waals surface area (Å²) < 4.78 is 4.13.